The van der Waals surface area contributed by atoms with Gasteiger partial charge < -0.3 is 9.67 Å². The second-order valence-electron chi connectivity index (χ2n) is 8.47. The van der Waals surface area contributed by atoms with Crippen molar-refractivity contribution >= 4 is 0 Å². The van der Waals surface area contributed by atoms with Crippen LogP contribution in [0.5, 0.6) is 5.75 Å². The molecule has 0 fully saturated rings. The van der Waals surface area contributed by atoms with E-state index in [-0.39, 0.29) is 11.2 Å². The van der Waals surface area contributed by atoms with Crippen molar-refractivity contribution in [3.8, 4) is 5.75 Å². The predicted molar refractivity (Wildman–Crippen MR) is 126 cm³/mol. The number of unbranched alkanes of at least 4 members (excludes halogenated alkanes) is 3. The van der Waals surface area contributed by atoms with Crippen LogP contribution in [0.25, 0.3) is 0 Å². The first-order valence-corrected chi connectivity index (χ1v) is 11.8. The summed E-state index contributed by atoms with van der Waals surface area (Å²) in [6, 6.07) is 5.67. The molecule has 1 atom stereocenters. The second kappa shape index (κ2) is 12.2. The third-order valence-electron chi connectivity index (χ3n) is 6.19. The standard InChI is InChI=1S/C25H35N5O2/c1-3-21(22-11-14-26-15-12-22)9-8-10-23-19-30(28-27-23)17-7-5-4-6-16-29-18-13-24(31)25(32)20(29)2/h11-15,18-19,21,32H,3-10,16-17H2,1-2H3. The second-order valence-corrected chi connectivity index (χ2v) is 8.47. The Hall–Kier alpha value is -2.96. The van der Waals surface area contributed by atoms with Gasteiger partial charge in [-0.25, -0.2) is 0 Å². The lowest BCUT2D eigenvalue weighted by molar-refractivity contribution is 0.448. The van der Waals surface area contributed by atoms with Crippen molar-refractivity contribution in [3.05, 3.63) is 70.2 Å². The SMILES string of the molecule is CCC(CCCc1cn(CCCCCCn2ccc(=O)c(O)c2C)nn1)c1ccncc1. The number of aromatic hydroxyl groups is 1. The Morgan fingerprint density at radius 1 is 1.03 bits per heavy atom. The Balaban J connectivity index is 1.31. The highest BCUT2D eigenvalue weighted by Crippen LogP contribution is 2.24. The number of hydrogen-bond donors (Lipinski definition) is 1. The number of pyridine rings is 2. The van der Waals surface area contributed by atoms with Crippen molar-refractivity contribution in [3.63, 3.8) is 0 Å². The van der Waals surface area contributed by atoms with Crippen LogP contribution in [0.2, 0.25) is 0 Å². The first-order valence-electron chi connectivity index (χ1n) is 11.8. The van der Waals surface area contributed by atoms with Crippen molar-refractivity contribution < 1.29 is 5.11 Å². The topological polar surface area (TPSA) is 85.8 Å². The maximum absolute atomic E-state index is 11.4. The highest BCUT2D eigenvalue weighted by molar-refractivity contribution is 5.25. The van der Waals surface area contributed by atoms with Crippen molar-refractivity contribution in [2.24, 2.45) is 0 Å². The molecule has 1 N–H and O–H groups in total. The zero-order chi connectivity index (χ0) is 22.8. The van der Waals surface area contributed by atoms with Crippen molar-refractivity contribution in [2.45, 2.75) is 84.2 Å². The van der Waals surface area contributed by atoms with Crippen molar-refractivity contribution in [2.75, 3.05) is 0 Å². The average Bonchev–Trinajstić information content (AvgIpc) is 3.27. The molecule has 0 amide bonds. The molecule has 32 heavy (non-hydrogen) atoms. The van der Waals surface area contributed by atoms with Gasteiger partial charge in [0.25, 0.3) is 0 Å². The van der Waals surface area contributed by atoms with E-state index in [4.69, 9.17) is 0 Å². The van der Waals surface area contributed by atoms with E-state index in [1.807, 2.05) is 21.6 Å². The van der Waals surface area contributed by atoms with Gasteiger partial charge in [-0.3, -0.25) is 14.5 Å². The van der Waals surface area contributed by atoms with E-state index >= 15 is 0 Å². The Morgan fingerprint density at radius 2 is 1.78 bits per heavy atom. The van der Waals surface area contributed by atoms with Gasteiger partial charge in [-0.05, 0) is 69.1 Å². The van der Waals surface area contributed by atoms with Crippen molar-refractivity contribution in [1.82, 2.24) is 24.5 Å². The third-order valence-corrected chi connectivity index (χ3v) is 6.19. The van der Waals surface area contributed by atoms with Gasteiger partial charge in [0.15, 0.2) is 5.75 Å². The van der Waals surface area contributed by atoms with E-state index in [0.717, 1.165) is 70.2 Å². The van der Waals surface area contributed by atoms with E-state index in [2.05, 4.69) is 40.5 Å². The molecule has 7 heteroatoms. The fourth-order valence-corrected chi connectivity index (χ4v) is 4.15. The highest BCUT2D eigenvalue weighted by atomic mass is 16.3. The molecule has 7 nitrogen and oxygen atoms in total. The molecule has 0 bridgehead atoms. The molecule has 172 valence electrons. The van der Waals surface area contributed by atoms with E-state index < -0.39 is 0 Å². The minimum atomic E-state index is -0.315. The van der Waals surface area contributed by atoms with Crippen LogP contribution in [0.3, 0.4) is 0 Å². The number of aryl methyl sites for hydroxylation is 3. The molecule has 0 aliphatic rings. The molecule has 0 spiro atoms. The molecule has 0 radical (unpaired) electrons. The fraction of sp³-hybridized carbons (Fsp3) is 0.520. The summed E-state index contributed by atoms with van der Waals surface area (Å²) >= 11 is 0. The lowest BCUT2D eigenvalue weighted by Crippen LogP contribution is -2.10. The summed E-state index contributed by atoms with van der Waals surface area (Å²) in [5.74, 6) is 0.439. The maximum Gasteiger partial charge on any atom is 0.223 e. The lowest BCUT2D eigenvalue weighted by Gasteiger charge is -2.14. The molecular formula is C25H35N5O2. The Kier molecular flexibility index (Phi) is 9.01. The molecule has 0 saturated carbocycles. The van der Waals surface area contributed by atoms with Crippen LogP contribution in [-0.4, -0.2) is 29.7 Å². The zero-order valence-corrected chi connectivity index (χ0v) is 19.3. The summed E-state index contributed by atoms with van der Waals surface area (Å²) in [6.07, 6.45) is 16.3. The normalized spacial score (nSPS) is 12.2. The van der Waals surface area contributed by atoms with Gasteiger partial charge in [-0.15, -0.1) is 5.10 Å². The van der Waals surface area contributed by atoms with Crippen LogP contribution >= 0.6 is 0 Å². The Bertz CT molecular complexity index is 1010. The summed E-state index contributed by atoms with van der Waals surface area (Å²) in [6.45, 7) is 5.72. The molecule has 3 aromatic rings. The predicted octanol–water partition coefficient (Wildman–Crippen LogP) is 4.63. The maximum atomic E-state index is 11.4. The van der Waals surface area contributed by atoms with Gasteiger partial charge in [-0.1, -0.05) is 25.0 Å². The van der Waals surface area contributed by atoms with Gasteiger partial charge in [0.2, 0.25) is 5.43 Å². The molecule has 3 aromatic heterocycles. The first-order chi connectivity index (χ1) is 15.6. The number of aromatic nitrogens is 5. The summed E-state index contributed by atoms with van der Waals surface area (Å²) in [7, 11) is 0. The third kappa shape index (κ3) is 6.77. The van der Waals surface area contributed by atoms with Crippen LogP contribution in [0.4, 0.5) is 0 Å². The first kappa shape index (κ1) is 23.7. The summed E-state index contributed by atoms with van der Waals surface area (Å²) in [5, 5.41) is 18.4. The fourth-order valence-electron chi connectivity index (χ4n) is 4.15. The minimum Gasteiger partial charge on any atom is -0.503 e. The van der Waals surface area contributed by atoms with Crippen LogP contribution in [-0.2, 0) is 19.5 Å². The molecule has 0 aromatic carbocycles. The monoisotopic (exact) mass is 437 g/mol. The van der Waals surface area contributed by atoms with Gasteiger partial charge in [-0.2, -0.15) is 0 Å². The largest absolute Gasteiger partial charge is 0.503 e. The van der Waals surface area contributed by atoms with Crippen molar-refractivity contribution in [1.29, 1.82) is 0 Å². The summed E-state index contributed by atoms with van der Waals surface area (Å²) in [4.78, 5) is 15.5. The van der Waals surface area contributed by atoms with E-state index in [9.17, 15) is 9.90 Å². The number of rotatable bonds is 13. The van der Waals surface area contributed by atoms with Crippen LogP contribution in [0.1, 0.15) is 74.7 Å². The average molecular weight is 438 g/mol. The molecule has 3 rings (SSSR count). The molecule has 0 saturated heterocycles. The quantitative estimate of drug-likeness (QED) is 0.394. The van der Waals surface area contributed by atoms with E-state index in [1.165, 1.54) is 11.6 Å². The summed E-state index contributed by atoms with van der Waals surface area (Å²) in [5.41, 5.74) is 2.77. The van der Waals surface area contributed by atoms with Gasteiger partial charge in [0.05, 0.1) is 11.4 Å². The van der Waals surface area contributed by atoms with Gasteiger partial charge in [0.1, 0.15) is 0 Å². The highest BCUT2D eigenvalue weighted by Gasteiger charge is 2.10. The smallest absolute Gasteiger partial charge is 0.223 e. The van der Waals surface area contributed by atoms with Gasteiger partial charge >= 0.3 is 0 Å². The zero-order valence-electron chi connectivity index (χ0n) is 19.3. The molecule has 0 aliphatic heterocycles. The van der Waals surface area contributed by atoms with E-state index in [1.54, 1.807) is 13.1 Å². The Morgan fingerprint density at radius 3 is 2.53 bits per heavy atom. The number of nitrogens with zero attached hydrogens (tertiary/aromatic N) is 5. The molecule has 3 heterocycles. The summed E-state index contributed by atoms with van der Waals surface area (Å²) < 4.78 is 3.90. The molecule has 0 aliphatic carbocycles. The van der Waals surface area contributed by atoms with Crippen LogP contribution in [0.15, 0.2) is 47.8 Å². The molecule has 1 unspecified atom stereocenters. The Labute approximate surface area is 190 Å². The minimum absolute atomic E-state index is 0.142. The van der Waals surface area contributed by atoms with E-state index in [0.29, 0.717) is 11.6 Å². The molecular weight excluding hydrogens is 402 g/mol. The van der Waals surface area contributed by atoms with Crippen LogP contribution < -0.4 is 5.43 Å². The lowest BCUT2D eigenvalue weighted by atomic mass is 9.92. The van der Waals surface area contributed by atoms with Gasteiger partial charge in [0, 0.05) is 43.9 Å². The van der Waals surface area contributed by atoms with Crippen LogP contribution in [0, 0.1) is 6.92 Å². The number of hydrogen-bond acceptors (Lipinski definition) is 5.